The maximum Gasteiger partial charge on any atom is 0.321 e. The number of carbonyl (C=O) groups is 1. The summed E-state index contributed by atoms with van der Waals surface area (Å²) >= 11 is 0. The molecular weight excluding hydrogens is 222 g/mol. The first-order valence-electron chi connectivity index (χ1n) is 4.86. The Balaban J connectivity index is 2.23. The zero-order valence-corrected chi connectivity index (χ0v) is 8.78. The predicted octanol–water partition coefficient (Wildman–Crippen LogP) is 1.29. The minimum atomic E-state index is -0.970. The van der Waals surface area contributed by atoms with E-state index in [9.17, 15) is 4.79 Å². The van der Waals surface area contributed by atoms with Crippen molar-refractivity contribution in [2.45, 2.75) is 6.42 Å². The van der Waals surface area contributed by atoms with Gasteiger partial charge in [0.2, 0.25) is 0 Å². The number of pyridine rings is 1. The lowest BCUT2D eigenvalue weighted by Crippen LogP contribution is -2.04. The van der Waals surface area contributed by atoms with Gasteiger partial charge in [0.05, 0.1) is 12.1 Å². The van der Waals surface area contributed by atoms with Crippen LogP contribution < -0.4 is 4.74 Å². The highest BCUT2D eigenvalue weighted by atomic mass is 16.5. The number of carboxylic acid groups (broad SMARTS) is 1. The largest absolute Gasteiger partial charge is 0.481 e. The van der Waals surface area contributed by atoms with Crippen LogP contribution in [0.4, 0.5) is 0 Å². The van der Waals surface area contributed by atoms with Gasteiger partial charge in [-0.25, -0.2) is 9.97 Å². The molecule has 0 atom stereocenters. The van der Waals surface area contributed by atoms with Crippen molar-refractivity contribution >= 4 is 5.97 Å². The Labute approximate surface area is 96.9 Å². The molecular formula is C11H9N3O3. The Bertz CT molecular complexity index is 516. The van der Waals surface area contributed by atoms with Crippen LogP contribution in [0.3, 0.4) is 0 Å². The Kier molecular flexibility index (Phi) is 3.25. The van der Waals surface area contributed by atoms with Gasteiger partial charge in [0.15, 0.2) is 5.75 Å². The molecule has 0 aromatic carbocycles. The van der Waals surface area contributed by atoms with Crippen molar-refractivity contribution in [3.05, 3.63) is 42.5 Å². The lowest BCUT2D eigenvalue weighted by molar-refractivity contribution is -0.136. The van der Waals surface area contributed by atoms with Crippen LogP contribution in [0.2, 0.25) is 0 Å². The van der Waals surface area contributed by atoms with E-state index in [-0.39, 0.29) is 12.4 Å². The van der Waals surface area contributed by atoms with E-state index in [1.54, 1.807) is 18.2 Å². The fourth-order valence-corrected chi connectivity index (χ4v) is 1.23. The molecule has 0 radical (unpaired) electrons. The maximum atomic E-state index is 10.6. The van der Waals surface area contributed by atoms with Gasteiger partial charge in [-0.3, -0.25) is 9.78 Å². The van der Waals surface area contributed by atoms with Crippen molar-refractivity contribution in [3.63, 3.8) is 0 Å². The van der Waals surface area contributed by atoms with E-state index < -0.39 is 5.97 Å². The zero-order chi connectivity index (χ0) is 12.1. The van der Waals surface area contributed by atoms with E-state index in [2.05, 4.69) is 15.0 Å². The lowest BCUT2D eigenvalue weighted by Gasteiger charge is -2.06. The summed E-state index contributed by atoms with van der Waals surface area (Å²) in [5, 5.41) is 8.73. The smallest absolute Gasteiger partial charge is 0.321 e. The summed E-state index contributed by atoms with van der Waals surface area (Å²) < 4.78 is 5.36. The molecule has 86 valence electrons. The van der Waals surface area contributed by atoms with Crippen molar-refractivity contribution < 1.29 is 14.6 Å². The second-order valence-electron chi connectivity index (χ2n) is 3.15. The molecule has 0 spiro atoms. The Morgan fingerprint density at radius 3 is 2.59 bits per heavy atom. The first-order valence-corrected chi connectivity index (χ1v) is 4.86. The molecule has 0 fully saturated rings. The van der Waals surface area contributed by atoms with Crippen molar-refractivity contribution in [3.8, 4) is 11.8 Å². The van der Waals surface area contributed by atoms with Crippen LogP contribution in [-0.4, -0.2) is 26.0 Å². The van der Waals surface area contributed by atoms with Gasteiger partial charge in [-0.15, -0.1) is 0 Å². The highest BCUT2D eigenvalue weighted by Crippen LogP contribution is 2.20. The minimum Gasteiger partial charge on any atom is -0.481 e. The summed E-state index contributed by atoms with van der Waals surface area (Å²) in [4.78, 5) is 22.4. The number of carboxylic acids is 1. The fraction of sp³-hybridized carbons (Fsp3) is 0.0909. The molecule has 0 unspecified atom stereocenters. The molecule has 2 heterocycles. The number of hydrogen-bond donors (Lipinski definition) is 1. The Morgan fingerprint density at radius 1 is 1.18 bits per heavy atom. The van der Waals surface area contributed by atoms with Crippen molar-refractivity contribution in [2.75, 3.05) is 0 Å². The van der Waals surface area contributed by atoms with E-state index in [4.69, 9.17) is 9.84 Å². The van der Waals surface area contributed by atoms with Crippen LogP contribution in [0.25, 0.3) is 0 Å². The predicted molar refractivity (Wildman–Crippen MR) is 57.7 cm³/mol. The Morgan fingerprint density at radius 2 is 1.88 bits per heavy atom. The highest BCUT2D eigenvalue weighted by molar-refractivity contribution is 5.70. The van der Waals surface area contributed by atoms with Gasteiger partial charge in [-0.2, -0.15) is 0 Å². The van der Waals surface area contributed by atoms with Gasteiger partial charge in [0.1, 0.15) is 0 Å². The van der Waals surface area contributed by atoms with E-state index in [0.717, 1.165) is 0 Å². The van der Waals surface area contributed by atoms with Gasteiger partial charge < -0.3 is 9.84 Å². The molecule has 0 aliphatic heterocycles. The molecule has 2 aromatic rings. The first kappa shape index (κ1) is 11.0. The molecule has 17 heavy (non-hydrogen) atoms. The number of aromatic nitrogens is 3. The van der Waals surface area contributed by atoms with E-state index >= 15 is 0 Å². The second-order valence-corrected chi connectivity index (χ2v) is 3.15. The highest BCUT2D eigenvalue weighted by Gasteiger charge is 2.10. The number of ether oxygens (including phenoxy) is 1. The number of nitrogens with zero attached hydrogens (tertiary/aromatic N) is 3. The van der Waals surface area contributed by atoms with Crippen LogP contribution in [0, 0.1) is 0 Å². The molecule has 0 saturated carbocycles. The monoisotopic (exact) mass is 231 g/mol. The summed E-state index contributed by atoms with van der Waals surface area (Å²) in [6, 6.07) is 5.10. The van der Waals surface area contributed by atoms with Gasteiger partial charge in [0.25, 0.3) is 0 Å². The van der Waals surface area contributed by atoms with Gasteiger partial charge in [-0.05, 0) is 18.2 Å². The van der Waals surface area contributed by atoms with E-state index in [1.165, 1.54) is 18.6 Å². The second kappa shape index (κ2) is 5.02. The van der Waals surface area contributed by atoms with Crippen LogP contribution in [0.1, 0.15) is 5.69 Å². The van der Waals surface area contributed by atoms with Crippen molar-refractivity contribution in [1.29, 1.82) is 0 Å². The molecule has 2 aromatic heterocycles. The molecule has 6 nitrogen and oxygen atoms in total. The molecule has 0 aliphatic carbocycles. The van der Waals surface area contributed by atoms with Crippen LogP contribution >= 0.6 is 0 Å². The van der Waals surface area contributed by atoms with E-state index in [0.29, 0.717) is 11.4 Å². The average Bonchev–Trinajstić information content (AvgIpc) is 2.32. The number of aliphatic carboxylic acids is 1. The van der Waals surface area contributed by atoms with Crippen molar-refractivity contribution in [1.82, 2.24) is 15.0 Å². The molecule has 1 N–H and O–H groups in total. The molecule has 2 rings (SSSR count). The number of rotatable bonds is 4. The lowest BCUT2D eigenvalue weighted by atomic mass is 10.2. The SMILES string of the molecule is O=C(O)Cc1ncccc1Oc1ncccn1. The van der Waals surface area contributed by atoms with Crippen LogP contribution in [0.15, 0.2) is 36.8 Å². The summed E-state index contributed by atoms with van der Waals surface area (Å²) in [6.45, 7) is 0. The first-order chi connectivity index (χ1) is 8.25. The van der Waals surface area contributed by atoms with Gasteiger partial charge in [-0.1, -0.05) is 0 Å². The van der Waals surface area contributed by atoms with Gasteiger partial charge >= 0.3 is 12.0 Å². The molecule has 0 aliphatic rings. The molecule has 0 amide bonds. The fourth-order valence-electron chi connectivity index (χ4n) is 1.23. The quantitative estimate of drug-likeness (QED) is 0.853. The Hall–Kier alpha value is -2.50. The summed E-state index contributed by atoms with van der Waals surface area (Å²) in [5.74, 6) is -0.622. The molecule has 0 saturated heterocycles. The third kappa shape index (κ3) is 2.97. The summed E-state index contributed by atoms with van der Waals surface area (Å²) in [6.07, 6.45) is 4.38. The minimum absolute atomic E-state index is 0.159. The van der Waals surface area contributed by atoms with Crippen LogP contribution in [0.5, 0.6) is 11.8 Å². The third-order valence-electron chi connectivity index (χ3n) is 1.91. The average molecular weight is 231 g/mol. The maximum absolute atomic E-state index is 10.6. The van der Waals surface area contributed by atoms with Gasteiger partial charge in [0, 0.05) is 18.6 Å². The molecule has 6 heteroatoms. The normalized spacial score (nSPS) is 9.88. The van der Waals surface area contributed by atoms with E-state index in [1.807, 2.05) is 0 Å². The summed E-state index contributed by atoms with van der Waals surface area (Å²) in [7, 11) is 0. The topological polar surface area (TPSA) is 85.2 Å². The number of hydrogen-bond acceptors (Lipinski definition) is 5. The van der Waals surface area contributed by atoms with Crippen molar-refractivity contribution in [2.24, 2.45) is 0 Å². The third-order valence-corrected chi connectivity index (χ3v) is 1.91. The standard InChI is InChI=1S/C11H9N3O3/c15-10(16)7-8-9(3-1-4-12-8)17-11-13-5-2-6-14-11/h1-6H,7H2,(H,15,16). The zero-order valence-electron chi connectivity index (χ0n) is 8.78. The molecule has 0 bridgehead atoms. The van der Waals surface area contributed by atoms with Crippen LogP contribution in [-0.2, 0) is 11.2 Å². The summed E-state index contributed by atoms with van der Waals surface area (Å²) in [5.41, 5.74) is 0.340.